The molecule has 0 spiro atoms. The zero-order chi connectivity index (χ0) is 14.4. The minimum Gasteiger partial charge on any atom is -0.481 e. The van der Waals surface area contributed by atoms with Gasteiger partial charge in [0.25, 0.3) is 0 Å². The Balaban J connectivity index is 1.64. The Morgan fingerprint density at radius 3 is 2.70 bits per heavy atom. The first kappa shape index (κ1) is 15.3. The van der Waals surface area contributed by atoms with Gasteiger partial charge in [0.05, 0.1) is 6.10 Å². The van der Waals surface area contributed by atoms with E-state index in [4.69, 9.17) is 9.84 Å². The first-order chi connectivity index (χ1) is 9.65. The van der Waals surface area contributed by atoms with E-state index in [-0.39, 0.29) is 25.0 Å². The van der Waals surface area contributed by atoms with Gasteiger partial charge in [-0.1, -0.05) is 0 Å². The van der Waals surface area contributed by atoms with Crippen LogP contribution < -0.4 is 5.32 Å². The van der Waals surface area contributed by atoms with Gasteiger partial charge in [-0.2, -0.15) is 0 Å². The van der Waals surface area contributed by atoms with Gasteiger partial charge in [-0.3, -0.25) is 9.59 Å². The minimum absolute atomic E-state index is 0.0429. The molecule has 0 aromatic rings. The molecule has 0 aliphatic carbocycles. The molecule has 0 aromatic carbocycles. The van der Waals surface area contributed by atoms with Crippen molar-refractivity contribution in [1.29, 1.82) is 0 Å². The molecule has 6 nitrogen and oxygen atoms in total. The molecule has 114 valence electrons. The van der Waals surface area contributed by atoms with Crippen LogP contribution in [0.5, 0.6) is 0 Å². The van der Waals surface area contributed by atoms with E-state index < -0.39 is 5.97 Å². The zero-order valence-electron chi connectivity index (χ0n) is 11.8. The van der Waals surface area contributed by atoms with Crippen LogP contribution in [0.2, 0.25) is 0 Å². The van der Waals surface area contributed by atoms with E-state index >= 15 is 0 Å². The van der Waals surface area contributed by atoms with Crippen LogP contribution in [-0.4, -0.2) is 60.8 Å². The summed E-state index contributed by atoms with van der Waals surface area (Å²) >= 11 is 0. The number of carbonyl (C=O) groups is 2. The first-order valence-electron chi connectivity index (χ1n) is 7.47. The predicted molar refractivity (Wildman–Crippen MR) is 73.4 cm³/mol. The Bertz CT molecular complexity index is 342. The second-order valence-corrected chi connectivity index (χ2v) is 5.69. The second kappa shape index (κ2) is 7.59. The molecular formula is C14H24N2O4. The number of nitrogens with zero attached hydrogens (tertiary/aromatic N) is 1. The van der Waals surface area contributed by atoms with Crippen LogP contribution in [0.4, 0.5) is 0 Å². The van der Waals surface area contributed by atoms with Crippen molar-refractivity contribution in [1.82, 2.24) is 10.2 Å². The van der Waals surface area contributed by atoms with Crippen molar-refractivity contribution in [2.24, 2.45) is 5.92 Å². The normalized spacial score (nSPS) is 24.0. The third kappa shape index (κ3) is 4.76. The molecule has 0 aromatic heterocycles. The molecule has 0 bridgehead atoms. The quantitative estimate of drug-likeness (QED) is 0.741. The Morgan fingerprint density at radius 1 is 1.25 bits per heavy atom. The number of carboxylic acids is 1. The lowest BCUT2D eigenvalue weighted by Crippen LogP contribution is -2.37. The number of likely N-dealkylation sites (tertiary alicyclic amines) is 1. The summed E-state index contributed by atoms with van der Waals surface area (Å²) in [6.07, 6.45) is 3.90. The largest absolute Gasteiger partial charge is 0.481 e. The topological polar surface area (TPSA) is 78.9 Å². The highest BCUT2D eigenvalue weighted by atomic mass is 16.5. The van der Waals surface area contributed by atoms with Crippen LogP contribution >= 0.6 is 0 Å². The molecule has 2 saturated heterocycles. The van der Waals surface area contributed by atoms with Crippen molar-refractivity contribution in [2.45, 2.75) is 38.2 Å². The van der Waals surface area contributed by atoms with Crippen LogP contribution in [0.15, 0.2) is 0 Å². The van der Waals surface area contributed by atoms with Crippen LogP contribution in [0.25, 0.3) is 0 Å². The summed E-state index contributed by atoms with van der Waals surface area (Å²) in [6.45, 7) is 3.50. The highest BCUT2D eigenvalue weighted by Gasteiger charge is 2.27. The van der Waals surface area contributed by atoms with Gasteiger partial charge in [0.2, 0.25) is 5.91 Å². The lowest BCUT2D eigenvalue weighted by molar-refractivity contribution is -0.137. The summed E-state index contributed by atoms with van der Waals surface area (Å²) in [6, 6.07) is 0. The number of carbonyl (C=O) groups excluding carboxylic acids is 1. The lowest BCUT2D eigenvalue weighted by atomic mass is 10.0. The number of nitrogens with one attached hydrogen (secondary N) is 1. The van der Waals surface area contributed by atoms with Crippen molar-refractivity contribution in [3.63, 3.8) is 0 Å². The smallest absolute Gasteiger partial charge is 0.303 e. The van der Waals surface area contributed by atoms with Gasteiger partial charge in [-0.25, -0.2) is 0 Å². The standard InChI is InChI=1S/C14H24N2O4/c17-13(10-20-12-3-6-15-7-4-12)16-8-5-11(9-16)1-2-14(18)19/h11-12,15H,1-10H2,(H,18,19). The number of carboxylic acid groups (broad SMARTS) is 1. The molecule has 2 N–H and O–H groups in total. The van der Waals surface area contributed by atoms with Crippen LogP contribution in [0.3, 0.4) is 0 Å². The van der Waals surface area contributed by atoms with E-state index in [1.165, 1.54) is 0 Å². The monoisotopic (exact) mass is 284 g/mol. The molecule has 6 heteroatoms. The Hall–Kier alpha value is -1.14. The summed E-state index contributed by atoms with van der Waals surface area (Å²) in [5, 5.41) is 11.9. The van der Waals surface area contributed by atoms with E-state index in [9.17, 15) is 9.59 Å². The molecule has 0 radical (unpaired) electrons. The van der Waals surface area contributed by atoms with Gasteiger partial charge >= 0.3 is 5.97 Å². The molecule has 2 rings (SSSR count). The van der Waals surface area contributed by atoms with Crippen molar-refractivity contribution < 1.29 is 19.4 Å². The van der Waals surface area contributed by atoms with Crippen molar-refractivity contribution in [3.8, 4) is 0 Å². The molecular weight excluding hydrogens is 260 g/mol. The van der Waals surface area contributed by atoms with E-state index in [2.05, 4.69) is 5.32 Å². The van der Waals surface area contributed by atoms with Crippen molar-refractivity contribution in [2.75, 3.05) is 32.8 Å². The maximum atomic E-state index is 12.0. The summed E-state index contributed by atoms with van der Waals surface area (Å²) in [5.41, 5.74) is 0. The average Bonchev–Trinajstić information content (AvgIpc) is 2.92. The van der Waals surface area contributed by atoms with Crippen LogP contribution in [0.1, 0.15) is 32.1 Å². The third-order valence-corrected chi connectivity index (χ3v) is 4.13. The molecule has 2 heterocycles. The summed E-state index contributed by atoms with van der Waals surface area (Å²) < 4.78 is 5.67. The van der Waals surface area contributed by atoms with E-state index in [1.807, 2.05) is 4.90 Å². The summed E-state index contributed by atoms with van der Waals surface area (Å²) in [7, 11) is 0. The van der Waals surface area contributed by atoms with Gasteiger partial charge < -0.3 is 20.1 Å². The molecule has 1 atom stereocenters. The average molecular weight is 284 g/mol. The van der Waals surface area contributed by atoms with Gasteiger partial charge in [0.1, 0.15) is 6.61 Å². The molecule has 2 fully saturated rings. The third-order valence-electron chi connectivity index (χ3n) is 4.13. The molecule has 2 aliphatic heterocycles. The summed E-state index contributed by atoms with van der Waals surface area (Å²) in [5.74, 6) is -0.390. The minimum atomic E-state index is -0.760. The Kier molecular flexibility index (Phi) is 5.79. The maximum absolute atomic E-state index is 12.0. The zero-order valence-corrected chi connectivity index (χ0v) is 11.8. The van der Waals surface area contributed by atoms with E-state index in [0.717, 1.165) is 38.9 Å². The first-order valence-corrected chi connectivity index (χ1v) is 7.47. The molecule has 1 amide bonds. The van der Waals surface area contributed by atoms with Gasteiger partial charge in [-0.15, -0.1) is 0 Å². The second-order valence-electron chi connectivity index (χ2n) is 5.69. The number of piperidine rings is 1. The maximum Gasteiger partial charge on any atom is 0.303 e. The van der Waals surface area contributed by atoms with Crippen LogP contribution in [0, 0.1) is 5.92 Å². The molecule has 20 heavy (non-hydrogen) atoms. The number of rotatable bonds is 6. The van der Waals surface area contributed by atoms with Crippen molar-refractivity contribution in [3.05, 3.63) is 0 Å². The number of hydrogen-bond donors (Lipinski definition) is 2. The van der Waals surface area contributed by atoms with Crippen molar-refractivity contribution >= 4 is 11.9 Å². The SMILES string of the molecule is O=C(O)CCC1CCN(C(=O)COC2CCNCC2)C1. The number of hydrogen-bond acceptors (Lipinski definition) is 4. The fourth-order valence-electron chi connectivity index (χ4n) is 2.86. The van der Waals surface area contributed by atoms with Crippen LogP contribution in [-0.2, 0) is 14.3 Å². The molecule has 2 aliphatic rings. The molecule has 1 unspecified atom stereocenters. The lowest BCUT2D eigenvalue weighted by Gasteiger charge is -2.24. The van der Waals surface area contributed by atoms with E-state index in [1.54, 1.807) is 0 Å². The number of ether oxygens (including phenoxy) is 1. The molecule has 0 saturated carbocycles. The van der Waals surface area contributed by atoms with E-state index in [0.29, 0.717) is 18.9 Å². The van der Waals surface area contributed by atoms with Gasteiger partial charge in [0.15, 0.2) is 0 Å². The number of aliphatic carboxylic acids is 1. The number of amides is 1. The van der Waals surface area contributed by atoms with Gasteiger partial charge in [-0.05, 0) is 44.7 Å². The fourth-order valence-corrected chi connectivity index (χ4v) is 2.86. The Morgan fingerprint density at radius 2 is 2.00 bits per heavy atom. The summed E-state index contributed by atoms with van der Waals surface area (Å²) in [4.78, 5) is 24.4. The van der Waals surface area contributed by atoms with Gasteiger partial charge in [0, 0.05) is 19.5 Å². The predicted octanol–water partition coefficient (Wildman–Crippen LogP) is 0.468. The highest BCUT2D eigenvalue weighted by Crippen LogP contribution is 2.21. The fraction of sp³-hybridized carbons (Fsp3) is 0.857. The Labute approximate surface area is 119 Å². The highest BCUT2D eigenvalue weighted by molar-refractivity contribution is 5.77.